The molecule has 0 saturated heterocycles. The highest BCUT2D eigenvalue weighted by atomic mass is 79.9. The van der Waals surface area contributed by atoms with Crippen molar-refractivity contribution in [2.75, 3.05) is 7.11 Å². The van der Waals surface area contributed by atoms with Gasteiger partial charge in [0.25, 0.3) is 0 Å². The Morgan fingerprint density at radius 2 is 2.18 bits per heavy atom. The molecule has 2 unspecified atom stereocenters. The standard InChI is InChI=1S/C14H20BrNO/c1-9(10-3-4-10)13(16)8-11-7-12(15)5-6-14(11)17-2/h5-7,9-10,13H,3-4,8,16H2,1-2H3. The van der Waals surface area contributed by atoms with Gasteiger partial charge in [0.15, 0.2) is 0 Å². The molecule has 94 valence electrons. The first kappa shape index (κ1) is 12.9. The average Bonchev–Trinajstić information content (AvgIpc) is 3.12. The van der Waals surface area contributed by atoms with E-state index in [1.165, 1.54) is 18.4 Å². The second-order valence-corrected chi connectivity index (χ2v) is 5.94. The number of benzene rings is 1. The van der Waals surface area contributed by atoms with Crippen LogP contribution in [0.5, 0.6) is 5.75 Å². The van der Waals surface area contributed by atoms with Gasteiger partial charge in [-0.2, -0.15) is 0 Å². The number of methoxy groups -OCH3 is 1. The van der Waals surface area contributed by atoms with E-state index in [9.17, 15) is 0 Å². The zero-order chi connectivity index (χ0) is 12.4. The maximum atomic E-state index is 6.29. The van der Waals surface area contributed by atoms with Gasteiger partial charge >= 0.3 is 0 Å². The lowest BCUT2D eigenvalue weighted by Crippen LogP contribution is -2.31. The minimum atomic E-state index is 0.227. The molecule has 0 spiro atoms. The van der Waals surface area contributed by atoms with E-state index in [4.69, 9.17) is 10.5 Å². The molecule has 0 radical (unpaired) electrons. The number of halogens is 1. The van der Waals surface area contributed by atoms with Gasteiger partial charge < -0.3 is 10.5 Å². The first-order chi connectivity index (χ1) is 8.11. The Hall–Kier alpha value is -0.540. The molecule has 0 aromatic heterocycles. The van der Waals surface area contributed by atoms with E-state index >= 15 is 0 Å². The predicted molar refractivity (Wildman–Crippen MR) is 74.3 cm³/mol. The van der Waals surface area contributed by atoms with Crippen molar-refractivity contribution in [3.63, 3.8) is 0 Å². The number of ether oxygens (including phenoxy) is 1. The van der Waals surface area contributed by atoms with Crippen LogP contribution in [0.3, 0.4) is 0 Å². The summed E-state index contributed by atoms with van der Waals surface area (Å²) in [7, 11) is 1.71. The van der Waals surface area contributed by atoms with E-state index in [1.807, 2.05) is 12.1 Å². The molecule has 0 heterocycles. The van der Waals surface area contributed by atoms with Crippen LogP contribution in [0.2, 0.25) is 0 Å². The second kappa shape index (κ2) is 5.40. The van der Waals surface area contributed by atoms with Crippen molar-refractivity contribution in [2.45, 2.75) is 32.2 Å². The fourth-order valence-electron chi connectivity index (χ4n) is 2.32. The van der Waals surface area contributed by atoms with Gasteiger partial charge in [-0.1, -0.05) is 22.9 Å². The molecule has 2 nitrogen and oxygen atoms in total. The van der Waals surface area contributed by atoms with Crippen LogP contribution in [0.25, 0.3) is 0 Å². The van der Waals surface area contributed by atoms with Crippen LogP contribution < -0.4 is 10.5 Å². The van der Waals surface area contributed by atoms with E-state index in [0.717, 1.165) is 22.6 Å². The molecule has 1 fully saturated rings. The summed E-state index contributed by atoms with van der Waals surface area (Å²) in [6, 6.07) is 6.33. The summed E-state index contributed by atoms with van der Waals surface area (Å²) >= 11 is 3.50. The van der Waals surface area contributed by atoms with Crippen LogP contribution in [-0.2, 0) is 6.42 Å². The molecule has 2 rings (SSSR count). The quantitative estimate of drug-likeness (QED) is 0.904. The lowest BCUT2D eigenvalue weighted by Gasteiger charge is -2.20. The summed E-state index contributed by atoms with van der Waals surface area (Å²) in [5.74, 6) is 2.40. The SMILES string of the molecule is COc1ccc(Br)cc1CC(N)C(C)C1CC1. The van der Waals surface area contributed by atoms with Crippen molar-refractivity contribution in [1.82, 2.24) is 0 Å². The third-order valence-corrected chi connectivity index (χ3v) is 4.23. The largest absolute Gasteiger partial charge is 0.496 e. The van der Waals surface area contributed by atoms with Crippen LogP contribution in [-0.4, -0.2) is 13.2 Å². The summed E-state index contributed by atoms with van der Waals surface area (Å²) in [6.45, 7) is 2.27. The second-order valence-electron chi connectivity index (χ2n) is 5.02. The van der Waals surface area contributed by atoms with Gasteiger partial charge in [-0.15, -0.1) is 0 Å². The lowest BCUT2D eigenvalue weighted by molar-refractivity contribution is 0.384. The summed E-state index contributed by atoms with van der Waals surface area (Å²) in [5, 5.41) is 0. The molecular formula is C14H20BrNO. The number of rotatable bonds is 5. The highest BCUT2D eigenvalue weighted by Gasteiger charge is 2.31. The van der Waals surface area contributed by atoms with Crippen LogP contribution in [0.15, 0.2) is 22.7 Å². The van der Waals surface area contributed by atoms with E-state index in [1.54, 1.807) is 7.11 Å². The number of hydrogen-bond acceptors (Lipinski definition) is 2. The van der Waals surface area contributed by atoms with Crippen LogP contribution >= 0.6 is 15.9 Å². The summed E-state index contributed by atoms with van der Waals surface area (Å²) in [4.78, 5) is 0. The third-order valence-electron chi connectivity index (χ3n) is 3.74. The Morgan fingerprint density at radius 1 is 1.47 bits per heavy atom. The fourth-order valence-corrected chi connectivity index (χ4v) is 2.73. The highest BCUT2D eigenvalue weighted by Crippen LogP contribution is 2.38. The molecule has 17 heavy (non-hydrogen) atoms. The molecule has 0 amide bonds. The Labute approximate surface area is 112 Å². The summed E-state index contributed by atoms with van der Waals surface area (Å²) in [5.41, 5.74) is 7.49. The van der Waals surface area contributed by atoms with E-state index in [2.05, 4.69) is 28.9 Å². The van der Waals surface area contributed by atoms with Crippen molar-refractivity contribution in [3.8, 4) is 5.75 Å². The normalized spacial score (nSPS) is 18.8. The van der Waals surface area contributed by atoms with Crippen LogP contribution in [0.4, 0.5) is 0 Å². The van der Waals surface area contributed by atoms with Gasteiger partial charge in [0.1, 0.15) is 5.75 Å². The Bertz CT molecular complexity index is 390. The number of nitrogens with two attached hydrogens (primary N) is 1. The Kier molecular flexibility index (Phi) is 4.10. The fraction of sp³-hybridized carbons (Fsp3) is 0.571. The average molecular weight is 298 g/mol. The molecule has 1 aliphatic rings. The van der Waals surface area contributed by atoms with Crippen molar-refractivity contribution in [3.05, 3.63) is 28.2 Å². The monoisotopic (exact) mass is 297 g/mol. The molecule has 1 saturated carbocycles. The van der Waals surface area contributed by atoms with Crippen molar-refractivity contribution in [1.29, 1.82) is 0 Å². The highest BCUT2D eigenvalue weighted by molar-refractivity contribution is 9.10. The maximum absolute atomic E-state index is 6.29. The summed E-state index contributed by atoms with van der Waals surface area (Å²) in [6.07, 6.45) is 3.59. The molecule has 1 aromatic carbocycles. The van der Waals surface area contributed by atoms with E-state index < -0.39 is 0 Å². The van der Waals surface area contributed by atoms with Gasteiger partial charge in [0.05, 0.1) is 7.11 Å². The molecule has 2 N–H and O–H groups in total. The van der Waals surface area contributed by atoms with Crippen molar-refractivity contribution < 1.29 is 4.74 Å². The smallest absolute Gasteiger partial charge is 0.122 e. The molecule has 2 atom stereocenters. The van der Waals surface area contributed by atoms with Gasteiger partial charge in [-0.05, 0) is 54.9 Å². The first-order valence-electron chi connectivity index (χ1n) is 6.20. The first-order valence-corrected chi connectivity index (χ1v) is 6.99. The topological polar surface area (TPSA) is 35.2 Å². The minimum Gasteiger partial charge on any atom is -0.496 e. The van der Waals surface area contributed by atoms with E-state index in [0.29, 0.717) is 5.92 Å². The predicted octanol–water partition coefficient (Wildman–Crippen LogP) is 3.37. The molecule has 1 aliphatic carbocycles. The lowest BCUT2D eigenvalue weighted by atomic mass is 9.92. The summed E-state index contributed by atoms with van der Waals surface area (Å²) < 4.78 is 6.46. The Morgan fingerprint density at radius 3 is 2.76 bits per heavy atom. The molecule has 3 heteroatoms. The maximum Gasteiger partial charge on any atom is 0.122 e. The van der Waals surface area contributed by atoms with Gasteiger partial charge in [-0.3, -0.25) is 0 Å². The molecule has 0 bridgehead atoms. The molecule has 0 aliphatic heterocycles. The van der Waals surface area contributed by atoms with E-state index in [-0.39, 0.29) is 6.04 Å². The zero-order valence-electron chi connectivity index (χ0n) is 10.4. The minimum absolute atomic E-state index is 0.227. The molecular weight excluding hydrogens is 278 g/mol. The van der Waals surface area contributed by atoms with Crippen LogP contribution in [0, 0.1) is 11.8 Å². The number of hydrogen-bond donors (Lipinski definition) is 1. The van der Waals surface area contributed by atoms with Crippen molar-refractivity contribution >= 4 is 15.9 Å². The third kappa shape index (κ3) is 3.23. The Balaban J connectivity index is 2.08. The van der Waals surface area contributed by atoms with Gasteiger partial charge in [0.2, 0.25) is 0 Å². The van der Waals surface area contributed by atoms with Crippen LogP contribution in [0.1, 0.15) is 25.3 Å². The van der Waals surface area contributed by atoms with Gasteiger partial charge in [0, 0.05) is 10.5 Å². The molecule has 1 aromatic rings. The van der Waals surface area contributed by atoms with Crippen molar-refractivity contribution in [2.24, 2.45) is 17.6 Å². The zero-order valence-corrected chi connectivity index (χ0v) is 12.0. The van der Waals surface area contributed by atoms with Gasteiger partial charge in [-0.25, -0.2) is 0 Å².